The molecule has 0 bridgehead atoms. The van der Waals surface area contributed by atoms with Gasteiger partial charge < -0.3 is 15.8 Å². The summed E-state index contributed by atoms with van der Waals surface area (Å²) >= 11 is 0. The molecule has 0 aliphatic carbocycles. The fourth-order valence-corrected chi connectivity index (χ4v) is 1.10. The minimum absolute atomic E-state index is 0.327. The minimum atomic E-state index is -0.490. The third-order valence-corrected chi connectivity index (χ3v) is 1.95. The van der Waals surface area contributed by atoms with E-state index < -0.39 is 5.91 Å². The predicted octanol–water partition coefficient (Wildman–Crippen LogP) is 1.11. The second kappa shape index (κ2) is 7.70. The van der Waals surface area contributed by atoms with Crippen molar-refractivity contribution in [2.75, 3.05) is 20.3 Å². The van der Waals surface area contributed by atoms with E-state index in [-0.39, 0.29) is 0 Å². The molecule has 0 saturated carbocycles. The van der Waals surface area contributed by atoms with Crippen LogP contribution in [0.4, 0.5) is 0 Å². The topological polar surface area (TPSA) is 64.3 Å². The van der Waals surface area contributed by atoms with Crippen LogP contribution in [0.1, 0.15) is 13.3 Å². The van der Waals surface area contributed by atoms with Gasteiger partial charge in [0.25, 0.3) is 0 Å². The Labute approximate surface area is 96.8 Å². The smallest absolute Gasteiger partial charge is 0.248 e. The van der Waals surface area contributed by atoms with Crippen LogP contribution in [0.2, 0.25) is 0 Å². The fraction of sp³-hybridized carbons (Fsp3) is 0.417. The molecule has 1 amide bonds. The van der Waals surface area contributed by atoms with E-state index in [4.69, 9.17) is 10.5 Å². The molecule has 16 heavy (non-hydrogen) atoms. The SMILES string of the molecule is C=C(COC)NCC/C(C)=C/C(=C)C(N)=O. The van der Waals surface area contributed by atoms with E-state index in [1.165, 1.54) is 0 Å². The largest absolute Gasteiger partial charge is 0.387 e. The molecule has 0 heterocycles. The van der Waals surface area contributed by atoms with Gasteiger partial charge in [-0.3, -0.25) is 4.79 Å². The second-order valence-corrected chi connectivity index (χ2v) is 3.59. The number of nitrogens with two attached hydrogens (primary N) is 1. The lowest BCUT2D eigenvalue weighted by atomic mass is 10.1. The monoisotopic (exact) mass is 224 g/mol. The van der Waals surface area contributed by atoms with Gasteiger partial charge in [-0.25, -0.2) is 0 Å². The van der Waals surface area contributed by atoms with Crippen molar-refractivity contribution in [2.24, 2.45) is 5.73 Å². The Morgan fingerprint density at radius 1 is 1.50 bits per heavy atom. The quantitative estimate of drug-likeness (QED) is 0.479. The molecule has 0 fully saturated rings. The van der Waals surface area contributed by atoms with Crippen molar-refractivity contribution in [1.29, 1.82) is 0 Å². The first-order chi connectivity index (χ1) is 7.47. The van der Waals surface area contributed by atoms with Crippen molar-refractivity contribution in [2.45, 2.75) is 13.3 Å². The summed E-state index contributed by atoms with van der Waals surface area (Å²) in [7, 11) is 1.62. The third-order valence-electron chi connectivity index (χ3n) is 1.95. The average Bonchev–Trinajstić information content (AvgIpc) is 2.17. The van der Waals surface area contributed by atoms with Gasteiger partial charge in [0.1, 0.15) is 0 Å². The highest BCUT2D eigenvalue weighted by molar-refractivity contribution is 5.94. The van der Waals surface area contributed by atoms with Gasteiger partial charge in [-0.2, -0.15) is 0 Å². The molecule has 0 unspecified atom stereocenters. The molecule has 0 radical (unpaired) electrons. The third kappa shape index (κ3) is 6.84. The molecule has 3 N–H and O–H groups in total. The average molecular weight is 224 g/mol. The van der Waals surface area contributed by atoms with Gasteiger partial charge in [-0.15, -0.1) is 0 Å². The maximum absolute atomic E-state index is 10.7. The van der Waals surface area contributed by atoms with Crippen molar-refractivity contribution in [3.63, 3.8) is 0 Å². The summed E-state index contributed by atoms with van der Waals surface area (Å²) in [4.78, 5) is 10.7. The highest BCUT2D eigenvalue weighted by atomic mass is 16.5. The highest BCUT2D eigenvalue weighted by Crippen LogP contribution is 2.03. The first-order valence-electron chi connectivity index (χ1n) is 5.03. The zero-order chi connectivity index (χ0) is 12.6. The van der Waals surface area contributed by atoms with Crippen LogP contribution in [0, 0.1) is 0 Å². The van der Waals surface area contributed by atoms with Crippen LogP contribution in [0.3, 0.4) is 0 Å². The maximum Gasteiger partial charge on any atom is 0.248 e. The summed E-state index contributed by atoms with van der Waals surface area (Å²) in [5.74, 6) is -0.490. The molecule has 0 aliphatic rings. The van der Waals surface area contributed by atoms with Crippen LogP contribution < -0.4 is 11.1 Å². The first-order valence-corrected chi connectivity index (χ1v) is 5.03. The summed E-state index contributed by atoms with van der Waals surface area (Å²) < 4.78 is 4.91. The van der Waals surface area contributed by atoms with Crippen molar-refractivity contribution in [3.8, 4) is 0 Å². The van der Waals surface area contributed by atoms with Gasteiger partial charge in [0.05, 0.1) is 6.61 Å². The maximum atomic E-state index is 10.7. The van der Waals surface area contributed by atoms with E-state index in [0.717, 1.165) is 24.2 Å². The fourth-order valence-electron chi connectivity index (χ4n) is 1.10. The van der Waals surface area contributed by atoms with Crippen LogP contribution in [-0.2, 0) is 9.53 Å². The Morgan fingerprint density at radius 2 is 2.12 bits per heavy atom. The summed E-state index contributed by atoms with van der Waals surface area (Å²) in [5.41, 5.74) is 7.28. The van der Waals surface area contributed by atoms with Crippen molar-refractivity contribution < 1.29 is 9.53 Å². The van der Waals surface area contributed by atoms with Gasteiger partial charge in [0, 0.05) is 24.9 Å². The number of rotatable bonds is 8. The molecule has 0 aromatic rings. The summed E-state index contributed by atoms with van der Waals surface area (Å²) in [6, 6.07) is 0. The molecular formula is C12H20N2O2. The van der Waals surface area contributed by atoms with Gasteiger partial charge in [0.2, 0.25) is 5.91 Å². The molecule has 0 aromatic carbocycles. The Bertz CT molecular complexity index is 306. The van der Waals surface area contributed by atoms with E-state index in [1.54, 1.807) is 13.2 Å². The zero-order valence-electron chi connectivity index (χ0n) is 10.0. The van der Waals surface area contributed by atoms with Crippen LogP contribution in [0.15, 0.2) is 36.1 Å². The van der Waals surface area contributed by atoms with Crippen molar-refractivity contribution >= 4 is 5.91 Å². The van der Waals surface area contributed by atoms with Crippen LogP contribution in [0.25, 0.3) is 0 Å². The molecule has 0 atom stereocenters. The lowest BCUT2D eigenvalue weighted by molar-refractivity contribution is -0.114. The van der Waals surface area contributed by atoms with E-state index in [9.17, 15) is 4.79 Å². The lowest BCUT2D eigenvalue weighted by Crippen LogP contribution is -2.17. The van der Waals surface area contributed by atoms with E-state index in [0.29, 0.717) is 12.2 Å². The standard InChI is InChI=1S/C12H20N2O2/c1-9(7-10(2)12(13)15)5-6-14-11(3)8-16-4/h7,14H,2-3,5-6,8H2,1,4H3,(H2,13,15)/b9-7+. The summed E-state index contributed by atoms with van der Waals surface area (Å²) in [6.07, 6.45) is 2.50. The molecule has 0 spiro atoms. The van der Waals surface area contributed by atoms with E-state index in [2.05, 4.69) is 18.5 Å². The van der Waals surface area contributed by atoms with Crippen LogP contribution in [-0.4, -0.2) is 26.2 Å². The number of amides is 1. The Hall–Kier alpha value is -1.55. The van der Waals surface area contributed by atoms with Crippen molar-refractivity contribution in [3.05, 3.63) is 36.1 Å². The number of primary amides is 1. The first kappa shape index (κ1) is 14.5. The Balaban J connectivity index is 3.89. The molecule has 90 valence electrons. The lowest BCUT2D eigenvalue weighted by Gasteiger charge is -2.08. The number of hydrogen-bond acceptors (Lipinski definition) is 3. The highest BCUT2D eigenvalue weighted by Gasteiger charge is 1.98. The number of nitrogens with one attached hydrogen (secondary N) is 1. The second-order valence-electron chi connectivity index (χ2n) is 3.59. The van der Waals surface area contributed by atoms with Crippen LogP contribution in [0.5, 0.6) is 0 Å². The number of methoxy groups -OCH3 is 1. The molecule has 4 heteroatoms. The van der Waals surface area contributed by atoms with Crippen LogP contribution >= 0.6 is 0 Å². The van der Waals surface area contributed by atoms with Gasteiger partial charge in [-0.05, 0) is 13.3 Å². The Morgan fingerprint density at radius 3 is 2.62 bits per heavy atom. The molecule has 0 aliphatic heterocycles. The zero-order valence-corrected chi connectivity index (χ0v) is 10.0. The summed E-state index contributed by atoms with van der Waals surface area (Å²) in [5, 5.41) is 3.11. The molecular weight excluding hydrogens is 204 g/mol. The summed E-state index contributed by atoms with van der Waals surface area (Å²) in [6.45, 7) is 10.5. The number of hydrogen-bond donors (Lipinski definition) is 2. The molecule has 0 saturated heterocycles. The number of ether oxygens (including phenoxy) is 1. The predicted molar refractivity (Wildman–Crippen MR) is 65.7 cm³/mol. The molecule has 4 nitrogen and oxygen atoms in total. The minimum Gasteiger partial charge on any atom is -0.387 e. The van der Waals surface area contributed by atoms with Gasteiger partial charge >= 0.3 is 0 Å². The van der Waals surface area contributed by atoms with Crippen molar-refractivity contribution in [1.82, 2.24) is 5.32 Å². The number of carbonyl (C=O) groups is 1. The van der Waals surface area contributed by atoms with Gasteiger partial charge in [-0.1, -0.05) is 24.8 Å². The van der Waals surface area contributed by atoms with E-state index >= 15 is 0 Å². The normalized spacial score (nSPS) is 11.0. The van der Waals surface area contributed by atoms with E-state index in [1.807, 2.05) is 6.92 Å². The van der Waals surface area contributed by atoms with Gasteiger partial charge in [0.15, 0.2) is 0 Å². The molecule has 0 aromatic heterocycles. The Kier molecular flexibility index (Phi) is 6.96. The number of carbonyl (C=O) groups excluding carboxylic acids is 1. The molecule has 0 rings (SSSR count).